The van der Waals surface area contributed by atoms with Crippen LogP contribution in [-0.4, -0.2) is 11.0 Å². The third-order valence-corrected chi connectivity index (χ3v) is 5.36. The van der Waals surface area contributed by atoms with E-state index in [2.05, 4.69) is 25.1 Å². The molecule has 0 aliphatic heterocycles. The molecule has 0 N–H and O–H groups in total. The summed E-state index contributed by atoms with van der Waals surface area (Å²) in [6.07, 6.45) is 0. The van der Waals surface area contributed by atoms with Gasteiger partial charge < -0.3 is 4.74 Å². The molecule has 3 aromatic carbocycles. The van der Waals surface area contributed by atoms with Gasteiger partial charge in [0.15, 0.2) is 0 Å². The highest BCUT2D eigenvalue weighted by Crippen LogP contribution is 2.29. The van der Waals surface area contributed by atoms with Crippen LogP contribution in [0.5, 0.6) is 5.75 Å². The summed E-state index contributed by atoms with van der Waals surface area (Å²) in [6, 6.07) is 20.0. The number of nitrogens with zero attached hydrogens (tertiary/aromatic N) is 1. The highest BCUT2D eigenvalue weighted by molar-refractivity contribution is 6.06. The van der Waals surface area contributed by atoms with E-state index < -0.39 is 0 Å². The molecule has 0 spiro atoms. The Bertz CT molecular complexity index is 1270. The van der Waals surface area contributed by atoms with Gasteiger partial charge in [0, 0.05) is 10.9 Å². The summed E-state index contributed by atoms with van der Waals surface area (Å²) in [5.74, 6) is 0.223. The molecular formula is C27H25NO2. The summed E-state index contributed by atoms with van der Waals surface area (Å²) < 4.78 is 5.84. The molecule has 0 aliphatic carbocycles. The average Bonchev–Trinajstić information content (AvgIpc) is 2.70. The molecular weight excluding hydrogens is 370 g/mol. The lowest BCUT2D eigenvalue weighted by molar-refractivity contribution is 0.0735. The van der Waals surface area contributed by atoms with Crippen molar-refractivity contribution < 1.29 is 9.53 Å². The summed E-state index contributed by atoms with van der Waals surface area (Å²) >= 11 is 0. The molecule has 4 rings (SSSR count). The van der Waals surface area contributed by atoms with Crippen LogP contribution in [0.2, 0.25) is 0 Å². The van der Waals surface area contributed by atoms with Gasteiger partial charge in [0.25, 0.3) is 0 Å². The molecule has 30 heavy (non-hydrogen) atoms. The van der Waals surface area contributed by atoms with E-state index in [1.54, 1.807) is 0 Å². The van der Waals surface area contributed by atoms with Gasteiger partial charge in [0.1, 0.15) is 5.75 Å². The van der Waals surface area contributed by atoms with E-state index in [1.165, 1.54) is 5.56 Å². The van der Waals surface area contributed by atoms with E-state index in [4.69, 9.17) is 9.72 Å². The molecule has 0 radical (unpaired) electrons. The maximum absolute atomic E-state index is 13.3. The van der Waals surface area contributed by atoms with Crippen molar-refractivity contribution in [2.75, 3.05) is 0 Å². The van der Waals surface area contributed by atoms with Gasteiger partial charge in [-0.3, -0.25) is 0 Å². The van der Waals surface area contributed by atoms with Crippen molar-refractivity contribution in [1.82, 2.24) is 4.98 Å². The highest BCUT2D eigenvalue weighted by Gasteiger charge is 2.18. The van der Waals surface area contributed by atoms with Crippen LogP contribution in [0.15, 0.2) is 60.7 Å². The number of carbonyl (C=O) groups excluding carboxylic acids is 1. The minimum absolute atomic E-state index is 0.366. The Hall–Kier alpha value is -3.46. The number of rotatable bonds is 3. The van der Waals surface area contributed by atoms with Crippen molar-refractivity contribution in [3.63, 3.8) is 0 Å². The van der Waals surface area contributed by atoms with Gasteiger partial charge in [-0.2, -0.15) is 0 Å². The SMILES string of the molecule is Cc1ccc(-c2cc(C(=O)Oc3cc(C)ccc3C)c3cc(C)cc(C)c3n2)cc1. The standard InChI is InChI=1S/C27H25NO2/c1-16-7-10-21(11-8-16)24-15-23(22-13-18(3)12-20(5)26(22)28-24)27(29)30-25-14-17(2)6-9-19(25)4/h6-15H,1-5H3. The molecule has 0 saturated carbocycles. The summed E-state index contributed by atoms with van der Waals surface area (Å²) in [5.41, 5.74) is 8.39. The van der Waals surface area contributed by atoms with Gasteiger partial charge >= 0.3 is 5.97 Å². The van der Waals surface area contributed by atoms with Crippen molar-refractivity contribution >= 4 is 16.9 Å². The normalized spacial score (nSPS) is 11.0. The number of pyridine rings is 1. The molecule has 0 bridgehead atoms. The van der Waals surface area contributed by atoms with E-state index in [9.17, 15) is 4.79 Å². The lowest BCUT2D eigenvalue weighted by Crippen LogP contribution is -2.11. The van der Waals surface area contributed by atoms with Crippen LogP contribution in [0, 0.1) is 34.6 Å². The molecule has 1 heterocycles. The number of ether oxygens (including phenoxy) is 1. The molecule has 3 nitrogen and oxygen atoms in total. The van der Waals surface area contributed by atoms with Crippen LogP contribution >= 0.6 is 0 Å². The van der Waals surface area contributed by atoms with E-state index in [1.807, 2.05) is 70.2 Å². The summed E-state index contributed by atoms with van der Waals surface area (Å²) in [5, 5.41) is 0.818. The second kappa shape index (κ2) is 7.75. The van der Waals surface area contributed by atoms with Gasteiger partial charge in [0.2, 0.25) is 0 Å². The maximum Gasteiger partial charge on any atom is 0.344 e. The van der Waals surface area contributed by atoms with E-state index in [0.717, 1.165) is 44.4 Å². The first-order valence-corrected chi connectivity index (χ1v) is 10.1. The van der Waals surface area contributed by atoms with Crippen molar-refractivity contribution in [3.8, 4) is 17.0 Å². The third kappa shape index (κ3) is 3.84. The smallest absolute Gasteiger partial charge is 0.344 e. The number of hydrogen-bond acceptors (Lipinski definition) is 3. The molecule has 0 fully saturated rings. The van der Waals surface area contributed by atoms with E-state index in [0.29, 0.717) is 11.3 Å². The van der Waals surface area contributed by atoms with E-state index in [-0.39, 0.29) is 5.97 Å². The Morgan fingerprint density at radius 1 is 0.733 bits per heavy atom. The summed E-state index contributed by atoms with van der Waals surface area (Å²) in [4.78, 5) is 18.2. The Labute approximate surface area is 177 Å². The van der Waals surface area contributed by atoms with Gasteiger partial charge in [0.05, 0.1) is 16.8 Å². The second-order valence-corrected chi connectivity index (χ2v) is 8.06. The first-order chi connectivity index (χ1) is 14.3. The largest absolute Gasteiger partial charge is 0.423 e. The van der Waals surface area contributed by atoms with Crippen molar-refractivity contribution in [2.45, 2.75) is 34.6 Å². The summed E-state index contributed by atoms with van der Waals surface area (Å²) in [6.45, 7) is 10.0. The van der Waals surface area contributed by atoms with Gasteiger partial charge in [-0.1, -0.05) is 53.6 Å². The quantitative estimate of drug-likeness (QED) is 0.287. The predicted octanol–water partition coefficient (Wildman–Crippen LogP) is 6.66. The fourth-order valence-electron chi connectivity index (χ4n) is 3.69. The number of benzene rings is 3. The maximum atomic E-state index is 13.3. The van der Waals surface area contributed by atoms with Crippen LogP contribution in [-0.2, 0) is 0 Å². The second-order valence-electron chi connectivity index (χ2n) is 8.06. The molecule has 0 aliphatic rings. The molecule has 150 valence electrons. The number of carbonyl (C=O) groups is 1. The topological polar surface area (TPSA) is 39.2 Å². The molecule has 0 unspecified atom stereocenters. The zero-order valence-electron chi connectivity index (χ0n) is 18.0. The fourth-order valence-corrected chi connectivity index (χ4v) is 3.69. The van der Waals surface area contributed by atoms with Gasteiger partial charge in [-0.15, -0.1) is 0 Å². The lowest BCUT2D eigenvalue weighted by Gasteiger charge is -2.13. The Morgan fingerprint density at radius 3 is 2.17 bits per heavy atom. The lowest BCUT2D eigenvalue weighted by atomic mass is 9.99. The number of aromatic nitrogens is 1. The van der Waals surface area contributed by atoms with Crippen LogP contribution in [0.25, 0.3) is 22.2 Å². The van der Waals surface area contributed by atoms with Crippen molar-refractivity contribution in [3.05, 3.63) is 94.0 Å². The van der Waals surface area contributed by atoms with Crippen LogP contribution in [0.3, 0.4) is 0 Å². The van der Waals surface area contributed by atoms with Crippen molar-refractivity contribution in [1.29, 1.82) is 0 Å². The number of hydrogen-bond donors (Lipinski definition) is 0. The monoisotopic (exact) mass is 395 g/mol. The third-order valence-electron chi connectivity index (χ3n) is 5.36. The van der Waals surface area contributed by atoms with E-state index >= 15 is 0 Å². The minimum atomic E-state index is -0.366. The fraction of sp³-hybridized carbons (Fsp3) is 0.185. The Kier molecular flexibility index (Phi) is 5.13. The van der Waals surface area contributed by atoms with Crippen LogP contribution in [0.1, 0.15) is 38.2 Å². The molecule has 1 aromatic heterocycles. The van der Waals surface area contributed by atoms with Gasteiger partial charge in [-0.25, -0.2) is 9.78 Å². The first kappa shape index (κ1) is 19.8. The van der Waals surface area contributed by atoms with Crippen molar-refractivity contribution in [2.24, 2.45) is 0 Å². The minimum Gasteiger partial charge on any atom is -0.423 e. The first-order valence-electron chi connectivity index (χ1n) is 10.1. The Balaban J connectivity index is 1.89. The van der Waals surface area contributed by atoms with Gasteiger partial charge in [-0.05, 0) is 69.5 Å². The number of aryl methyl sites for hydroxylation is 5. The molecule has 0 amide bonds. The summed E-state index contributed by atoms with van der Waals surface area (Å²) in [7, 11) is 0. The number of esters is 1. The molecule has 3 heteroatoms. The average molecular weight is 396 g/mol. The van der Waals surface area contributed by atoms with Crippen LogP contribution in [0.4, 0.5) is 0 Å². The predicted molar refractivity (Wildman–Crippen MR) is 122 cm³/mol. The van der Waals surface area contributed by atoms with Crippen LogP contribution < -0.4 is 4.74 Å². The zero-order chi connectivity index (χ0) is 21.4. The molecule has 4 aromatic rings. The highest BCUT2D eigenvalue weighted by atomic mass is 16.5. The zero-order valence-corrected chi connectivity index (χ0v) is 18.0. The Morgan fingerprint density at radius 2 is 1.43 bits per heavy atom. The number of fused-ring (bicyclic) bond motifs is 1. The molecule has 0 atom stereocenters. The molecule has 0 saturated heterocycles.